The number of rotatable bonds is 4. The van der Waals surface area contributed by atoms with Crippen LogP contribution in [-0.4, -0.2) is 18.3 Å². The van der Waals surface area contributed by atoms with Crippen LogP contribution >= 0.6 is 0 Å². The van der Waals surface area contributed by atoms with Gasteiger partial charge < -0.3 is 9.90 Å². The first-order chi connectivity index (χ1) is 6.52. The fourth-order valence-corrected chi connectivity index (χ4v) is 0.978. The summed E-state index contributed by atoms with van der Waals surface area (Å²) in [5, 5.41) is 10.3. The monoisotopic (exact) mass is 227 g/mol. The first-order valence-corrected chi connectivity index (χ1v) is 4.09. The number of halogens is 4. The zero-order chi connectivity index (χ0) is 12.4. The van der Waals surface area contributed by atoms with Crippen molar-refractivity contribution < 1.29 is 27.5 Å². The largest absolute Gasteiger partial charge is 0.545 e. The van der Waals surface area contributed by atoms with Gasteiger partial charge in [0, 0.05) is 0 Å². The lowest BCUT2D eigenvalue weighted by Crippen LogP contribution is -2.42. The molecule has 2 nitrogen and oxygen atoms in total. The van der Waals surface area contributed by atoms with Gasteiger partial charge in [0.15, 0.2) is 0 Å². The van der Waals surface area contributed by atoms with E-state index in [0.717, 1.165) is 20.8 Å². The minimum absolute atomic E-state index is 0.500. The highest BCUT2D eigenvalue weighted by atomic mass is 19.3. The number of carbonyl (C=O) groups is 1. The molecule has 0 unspecified atom stereocenters. The van der Waals surface area contributed by atoms with Crippen LogP contribution in [0.5, 0.6) is 0 Å². The summed E-state index contributed by atoms with van der Waals surface area (Å²) < 4.78 is 49.9. The molecule has 0 fully saturated rings. The Morgan fingerprint density at radius 2 is 1.73 bits per heavy atom. The summed E-state index contributed by atoms with van der Waals surface area (Å²) in [6.07, 6.45) is -3.27. The molecule has 6 heteroatoms. The summed E-state index contributed by atoms with van der Waals surface area (Å²) >= 11 is 0. The molecule has 0 atom stereocenters. The number of allylic oxidation sites excluding steroid dienone is 1. The van der Waals surface area contributed by atoms with Crippen molar-refractivity contribution in [3.05, 3.63) is 11.6 Å². The molecule has 0 saturated heterocycles. The SMILES string of the molecule is CC(=CC(C)(C)C(F)(F)C(F)F)C(=O)[O-]. The van der Waals surface area contributed by atoms with Gasteiger partial charge in [-0.3, -0.25) is 0 Å². The van der Waals surface area contributed by atoms with Gasteiger partial charge in [-0.25, -0.2) is 8.78 Å². The third-order valence-corrected chi connectivity index (χ3v) is 2.03. The van der Waals surface area contributed by atoms with Crippen LogP contribution in [0.4, 0.5) is 17.6 Å². The molecule has 0 spiro atoms. The molecule has 15 heavy (non-hydrogen) atoms. The van der Waals surface area contributed by atoms with E-state index >= 15 is 0 Å². The highest BCUT2D eigenvalue weighted by Gasteiger charge is 2.53. The van der Waals surface area contributed by atoms with E-state index in [9.17, 15) is 27.5 Å². The number of hydrogen-bond donors (Lipinski definition) is 0. The maximum Gasteiger partial charge on any atom is 0.315 e. The molecule has 0 amide bonds. The second kappa shape index (κ2) is 4.20. The van der Waals surface area contributed by atoms with Crippen molar-refractivity contribution in [2.75, 3.05) is 0 Å². The fraction of sp³-hybridized carbons (Fsp3) is 0.667. The van der Waals surface area contributed by atoms with Crippen molar-refractivity contribution in [1.82, 2.24) is 0 Å². The minimum Gasteiger partial charge on any atom is -0.545 e. The molecular weight excluding hydrogens is 216 g/mol. The zero-order valence-electron chi connectivity index (χ0n) is 8.48. The Labute approximate surface area is 84.6 Å². The highest BCUT2D eigenvalue weighted by molar-refractivity contribution is 5.84. The van der Waals surface area contributed by atoms with Gasteiger partial charge in [0.2, 0.25) is 0 Å². The van der Waals surface area contributed by atoms with Gasteiger partial charge in [0.05, 0.1) is 11.4 Å². The number of carboxylic acid groups (broad SMARTS) is 1. The number of aliphatic carboxylic acids is 1. The Balaban J connectivity index is 5.15. The smallest absolute Gasteiger partial charge is 0.315 e. The van der Waals surface area contributed by atoms with Crippen molar-refractivity contribution in [2.45, 2.75) is 33.1 Å². The van der Waals surface area contributed by atoms with Crippen molar-refractivity contribution in [3.63, 3.8) is 0 Å². The van der Waals surface area contributed by atoms with Gasteiger partial charge in [-0.15, -0.1) is 0 Å². The van der Waals surface area contributed by atoms with Gasteiger partial charge in [0.25, 0.3) is 0 Å². The Kier molecular flexibility index (Phi) is 3.90. The Hall–Kier alpha value is -1.07. The van der Waals surface area contributed by atoms with Gasteiger partial charge in [0.1, 0.15) is 0 Å². The Bertz CT molecular complexity index is 282. The van der Waals surface area contributed by atoms with Crippen LogP contribution in [0.15, 0.2) is 11.6 Å². The van der Waals surface area contributed by atoms with E-state index in [0.29, 0.717) is 6.08 Å². The normalized spacial score (nSPS) is 14.5. The van der Waals surface area contributed by atoms with Gasteiger partial charge >= 0.3 is 12.3 Å². The zero-order valence-corrected chi connectivity index (χ0v) is 8.48. The van der Waals surface area contributed by atoms with Crippen LogP contribution in [0.2, 0.25) is 0 Å². The number of hydrogen-bond acceptors (Lipinski definition) is 2. The predicted octanol–water partition coefficient (Wildman–Crippen LogP) is 1.61. The highest BCUT2D eigenvalue weighted by Crippen LogP contribution is 2.42. The topological polar surface area (TPSA) is 40.1 Å². The van der Waals surface area contributed by atoms with Crippen LogP contribution in [0.25, 0.3) is 0 Å². The van der Waals surface area contributed by atoms with Crippen molar-refractivity contribution >= 4 is 5.97 Å². The van der Waals surface area contributed by atoms with Crippen molar-refractivity contribution in [2.24, 2.45) is 5.41 Å². The molecule has 0 N–H and O–H groups in total. The minimum atomic E-state index is -4.29. The molecule has 88 valence electrons. The van der Waals surface area contributed by atoms with Gasteiger partial charge in [-0.05, 0) is 12.5 Å². The fourth-order valence-electron chi connectivity index (χ4n) is 0.978. The van der Waals surface area contributed by atoms with E-state index in [1.165, 1.54) is 0 Å². The molecule has 0 aliphatic rings. The standard InChI is InChI=1S/C9H12F4O2/c1-5(6(14)15)4-8(2,3)9(12,13)7(10)11/h4,7H,1-3H3,(H,14,15)/p-1. The summed E-state index contributed by atoms with van der Waals surface area (Å²) in [5.74, 6) is -5.95. The van der Waals surface area contributed by atoms with Gasteiger partial charge in [-0.2, -0.15) is 8.78 Å². The summed E-state index contributed by atoms with van der Waals surface area (Å²) in [6, 6.07) is 0. The van der Waals surface area contributed by atoms with E-state index in [1.54, 1.807) is 0 Å². The molecule has 0 saturated carbocycles. The molecule has 0 aliphatic heterocycles. The maximum atomic E-state index is 12.9. The van der Waals surface area contributed by atoms with E-state index < -0.39 is 29.3 Å². The van der Waals surface area contributed by atoms with Crippen LogP contribution < -0.4 is 5.11 Å². The first kappa shape index (κ1) is 13.9. The molecule has 0 aromatic carbocycles. The third-order valence-electron chi connectivity index (χ3n) is 2.03. The van der Waals surface area contributed by atoms with Crippen LogP contribution in [0, 0.1) is 5.41 Å². The van der Waals surface area contributed by atoms with E-state index in [4.69, 9.17) is 0 Å². The quantitative estimate of drug-likeness (QED) is 0.540. The Morgan fingerprint density at radius 3 is 2.00 bits per heavy atom. The molecule has 0 heterocycles. The number of alkyl halides is 4. The van der Waals surface area contributed by atoms with Crippen molar-refractivity contribution in [3.8, 4) is 0 Å². The van der Waals surface area contributed by atoms with E-state index in [-0.39, 0.29) is 0 Å². The lowest BCUT2D eigenvalue weighted by atomic mass is 9.84. The summed E-state index contributed by atoms with van der Waals surface area (Å²) in [4.78, 5) is 10.3. The predicted molar refractivity (Wildman–Crippen MR) is 43.5 cm³/mol. The molecule has 0 aliphatic carbocycles. The lowest BCUT2D eigenvalue weighted by Gasteiger charge is -2.31. The number of carbonyl (C=O) groups excluding carboxylic acids is 1. The molecular formula is C9H11F4O2-. The first-order valence-electron chi connectivity index (χ1n) is 4.09. The van der Waals surface area contributed by atoms with Crippen molar-refractivity contribution in [1.29, 1.82) is 0 Å². The number of carboxylic acids is 1. The average Bonchev–Trinajstić information content (AvgIpc) is 2.02. The summed E-state index contributed by atoms with van der Waals surface area (Å²) in [6.45, 7) is 2.69. The van der Waals surface area contributed by atoms with Crippen LogP contribution in [-0.2, 0) is 4.79 Å². The average molecular weight is 227 g/mol. The lowest BCUT2D eigenvalue weighted by molar-refractivity contribution is -0.299. The summed E-state index contributed by atoms with van der Waals surface area (Å²) in [5.41, 5.74) is -2.74. The molecule has 0 aromatic rings. The third kappa shape index (κ3) is 2.94. The second-order valence-electron chi connectivity index (χ2n) is 3.76. The maximum absolute atomic E-state index is 12.9. The molecule has 0 bridgehead atoms. The Morgan fingerprint density at radius 1 is 1.33 bits per heavy atom. The van der Waals surface area contributed by atoms with E-state index in [1.807, 2.05) is 0 Å². The second-order valence-corrected chi connectivity index (χ2v) is 3.76. The summed E-state index contributed by atoms with van der Waals surface area (Å²) in [7, 11) is 0. The molecule has 0 aromatic heterocycles. The van der Waals surface area contributed by atoms with Gasteiger partial charge in [-0.1, -0.05) is 19.9 Å². The van der Waals surface area contributed by atoms with E-state index in [2.05, 4.69) is 0 Å². The molecule has 0 rings (SSSR count). The molecule has 0 radical (unpaired) electrons. The van der Waals surface area contributed by atoms with Crippen LogP contribution in [0.3, 0.4) is 0 Å². The van der Waals surface area contributed by atoms with Crippen LogP contribution in [0.1, 0.15) is 20.8 Å².